The zero-order valence-electron chi connectivity index (χ0n) is 28.3. The molecular formula is C36H48Cl3Si3Ti3-6. The third kappa shape index (κ3) is 30.0. The van der Waals surface area contributed by atoms with Crippen molar-refractivity contribution in [1.82, 2.24) is 0 Å². The fraction of sp³-hybridized carbons (Fsp3) is 0.250. The molecule has 0 unspecified atom stereocenters. The van der Waals surface area contributed by atoms with E-state index in [1.54, 1.807) is 0 Å². The Kier molecular flexibility index (Phi) is 45.2. The van der Waals surface area contributed by atoms with Gasteiger partial charge in [-0.2, -0.15) is 52.6 Å². The van der Waals surface area contributed by atoms with Gasteiger partial charge in [0.1, 0.15) is 0 Å². The molecule has 0 spiro atoms. The van der Waals surface area contributed by atoms with E-state index in [1.165, 1.54) is 32.3 Å². The van der Waals surface area contributed by atoms with E-state index in [9.17, 15) is 0 Å². The Bertz CT molecular complexity index is 1140. The van der Waals surface area contributed by atoms with Crippen LogP contribution in [0, 0.1) is 0 Å². The molecule has 0 aliphatic carbocycles. The molecular weight excluding hydrogens is 767 g/mol. The predicted octanol–water partition coefficient (Wildman–Crippen LogP) is 2.79. The van der Waals surface area contributed by atoms with Crippen molar-refractivity contribution >= 4 is 58.7 Å². The number of halogens is 3. The van der Waals surface area contributed by atoms with E-state index in [0.29, 0.717) is 0 Å². The molecule has 45 heavy (non-hydrogen) atoms. The number of hydrogen-bond acceptors (Lipinski definition) is 0. The zero-order valence-corrected chi connectivity index (χ0v) is 38.2. The molecule has 0 bridgehead atoms. The maximum Gasteiger partial charge on any atom is 0.0379 e. The van der Waals surface area contributed by atoms with Gasteiger partial charge >= 0.3 is 0 Å². The molecule has 3 radical (unpaired) electrons. The van der Waals surface area contributed by atoms with Crippen LogP contribution >= 0.6 is 0 Å². The minimum Gasteiger partial charge on any atom is -1.00 e. The summed E-state index contributed by atoms with van der Waals surface area (Å²) in [6.07, 6.45) is 0. The van der Waals surface area contributed by atoms with E-state index >= 15 is 0 Å². The number of rotatable bonds is 0. The summed E-state index contributed by atoms with van der Waals surface area (Å²) in [5.41, 5.74) is 0. The minimum absolute atomic E-state index is 0. The van der Waals surface area contributed by atoms with E-state index in [-0.39, 0.29) is 129 Å². The van der Waals surface area contributed by atoms with Crippen molar-refractivity contribution < 1.29 is 102 Å². The Morgan fingerprint density at radius 1 is 0.333 bits per heavy atom. The molecule has 243 valence electrons. The summed E-state index contributed by atoms with van der Waals surface area (Å²) in [6, 6.07) is 44.0. The van der Waals surface area contributed by atoms with Gasteiger partial charge in [-0.25, -0.2) is 0 Å². The average Bonchev–Trinajstić information content (AvgIpc) is 3.64. The SMILES string of the molecule is C[Si](C)C.C[Si](C)C.C[Si](C)C.[Cl-].[Cl-].[Cl-].[Ti].[Ti].[Ti].c1ccc2[cH-]ccc2c1.c1ccc2[cH-]ccc2c1.c1ccc2[cH-]ccc2c1. The molecule has 0 fully saturated rings. The molecule has 6 rings (SSSR count). The fourth-order valence-electron chi connectivity index (χ4n) is 3.21. The van der Waals surface area contributed by atoms with Gasteiger partial charge < -0.3 is 37.2 Å². The Labute approximate surface area is 343 Å². The molecule has 0 amide bonds. The molecule has 6 aromatic carbocycles. The van der Waals surface area contributed by atoms with Gasteiger partial charge in [0.15, 0.2) is 0 Å². The molecule has 9 heteroatoms. The van der Waals surface area contributed by atoms with Gasteiger partial charge in [-0.1, -0.05) is 77.1 Å². The van der Waals surface area contributed by atoms with Crippen LogP contribution in [0.5, 0.6) is 0 Å². The third-order valence-electron chi connectivity index (χ3n) is 4.64. The van der Waals surface area contributed by atoms with Crippen LogP contribution in [0.3, 0.4) is 0 Å². The predicted molar refractivity (Wildman–Crippen MR) is 189 cm³/mol. The molecule has 0 saturated carbocycles. The van der Waals surface area contributed by atoms with Crippen LogP contribution in [0.1, 0.15) is 0 Å². The molecule has 0 aliphatic rings. The summed E-state index contributed by atoms with van der Waals surface area (Å²) >= 11 is 0. The number of hydrogen-bond donors (Lipinski definition) is 0. The van der Waals surface area contributed by atoms with Crippen LogP contribution in [0.25, 0.3) is 32.3 Å². The Hall–Kier alpha value is 0.154. The van der Waals surface area contributed by atoms with Crippen molar-refractivity contribution in [3.05, 3.63) is 127 Å². The number of benzene rings is 3. The third-order valence-corrected chi connectivity index (χ3v) is 4.64. The van der Waals surface area contributed by atoms with Gasteiger partial charge in [-0.3, -0.25) is 0 Å². The van der Waals surface area contributed by atoms with E-state index in [2.05, 4.69) is 186 Å². The molecule has 0 nitrogen and oxygen atoms in total. The first-order valence-corrected chi connectivity index (χ1v) is 22.7. The zero-order chi connectivity index (χ0) is 29.0. The normalized spacial score (nSPS) is 8.53. The van der Waals surface area contributed by atoms with Crippen LogP contribution in [-0.4, -0.2) is 26.4 Å². The van der Waals surface area contributed by atoms with E-state index in [4.69, 9.17) is 0 Å². The van der Waals surface area contributed by atoms with Crippen molar-refractivity contribution in [3.8, 4) is 0 Å². The molecule has 0 saturated heterocycles. The first kappa shape index (κ1) is 57.4. The average molecular weight is 815 g/mol. The van der Waals surface area contributed by atoms with Crippen molar-refractivity contribution in [3.63, 3.8) is 0 Å². The topological polar surface area (TPSA) is 0 Å². The summed E-state index contributed by atoms with van der Waals surface area (Å²) in [7, 11) is 0.361. The maximum absolute atomic E-state index is 2.27. The van der Waals surface area contributed by atoms with Crippen LogP contribution < -0.4 is 37.2 Å². The minimum atomic E-state index is 0. The van der Waals surface area contributed by atoms with Crippen molar-refractivity contribution in [2.24, 2.45) is 0 Å². The molecule has 0 aliphatic heterocycles. The van der Waals surface area contributed by atoms with Crippen molar-refractivity contribution in [1.29, 1.82) is 0 Å². The molecule has 0 aromatic heterocycles. The second-order valence-corrected chi connectivity index (χ2v) is 20.0. The standard InChI is InChI=1S/3C9H7.3C3H9Si.3ClH.3Ti/c3*1-2-5-9-7-3-6-8(9)4-1;3*1-4(2)3;;;;;;/h3*1-7H;3*1-3H3;3*1H;;;/q3*-1;;;;;;;;;/p-3. The van der Waals surface area contributed by atoms with E-state index in [0.717, 1.165) is 0 Å². The molecule has 0 N–H and O–H groups in total. The van der Waals surface area contributed by atoms with Crippen molar-refractivity contribution in [2.75, 3.05) is 0 Å². The smallest absolute Gasteiger partial charge is 0.0379 e. The summed E-state index contributed by atoms with van der Waals surface area (Å²) in [4.78, 5) is 0. The number of fused-ring (bicyclic) bond motifs is 3. The second kappa shape index (κ2) is 35.5. The summed E-state index contributed by atoms with van der Waals surface area (Å²) in [5.74, 6) is 0. The Morgan fingerprint density at radius 3 is 0.689 bits per heavy atom. The van der Waals surface area contributed by atoms with Crippen LogP contribution in [0.2, 0.25) is 58.9 Å². The molecule has 0 atom stereocenters. The van der Waals surface area contributed by atoms with Crippen LogP contribution in [-0.2, 0) is 65.2 Å². The van der Waals surface area contributed by atoms with Crippen molar-refractivity contribution in [2.45, 2.75) is 58.9 Å². The first-order chi connectivity index (χ1) is 18.6. The fourth-order valence-corrected chi connectivity index (χ4v) is 3.21. The van der Waals surface area contributed by atoms with Gasteiger partial charge in [0.25, 0.3) is 0 Å². The monoisotopic (exact) mass is 813 g/mol. The van der Waals surface area contributed by atoms with Crippen LogP contribution in [0.4, 0.5) is 0 Å². The quantitative estimate of drug-likeness (QED) is 0.164. The van der Waals surface area contributed by atoms with Gasteiger partial charge in [-0.05, 0) is 0 Å². The van der Waals surface area contributed by atoms with Gasteiger partial charge in [0.2, 0.25) is 0 Å². The van der Waals surface area contributed by atoms with E-state index in [1.807, 2.05) is 0 Å². The van der Waals surface area contributed by atoms with Crippen LogP contribution in [0.15, 0.2) is 127 Å². The van der Waals surface area contributed by atoms with Gasteiger partial charge in [0, 0.05) is 91.5 Å². The summed E-state index contributed by atoms with van der Waals surface area (Å²) in [5, 5.41) is 7.99. The summed E-state index contributed by atoms with van der Waals surface area (Å²) < 4.78 is 0. The van der Waals surface area contributed by atoms with Gasteiger partial charge in [0.05, 0.1) is 0 Å². The Balaban J connectivity index is -0.000000103. The van der Waals surface area contributed by atoms with Gasteiger partial charge in [-0.15, -0.1) is 89.0 Å². The molecule has 0 heterocycles. The maximum atomic E-state index is 2.27. The Morgan fingerprint density at radius 2 is 0.511 bits per heavy atom. The van der Waals surface area contributed by atoms with E-state index < -0.39 is 0 Å². The molecule has 6 aromatic rings. The summed E-state index contributed by atoms with van der Waals surface area (Å²) in [6.45, 7) is 20.4. The largest absolute Gasteiger partial charge is 1.00 e. The second-order valence-electron chi connectivity index (χ2n) is 11.0. The first-order valence-electron chi connectivity index (χ1n) is 13.7.